The number of aryl methyl sites for hydroxylation is 2. The lowest BCUT2D eigenvalue weighted by atomic mass is 9.84. The SMILES string of the molecule is COc1cc(-c2nc([C@H]3CC[C@H](N4CCN(C)CC4)CC3)n3ccnc(C)c23)ccc1NC(=O)c1cc2c(OC)cccc2n1C. The van der Waals surface area contributed by atoms with Gasteiger partial charge in [-0.1, -0.05) is 12.1 Å². The number of methoxy groups -OCH3 is 2. The Labute approximate surface area is 269 Å². The van der Waals surface area contributed by atoms with Gasteiger partial charge in [0.1, 0.15) is 23.0 Å². The fraction of sp³-hybridized carbons (Fsp3) is 0.417. The molecule has 0 unspecified atom stereocenters. The average Bonchev–Trinajstić information content (AvgIpc) is 3.64. The van der Waals surface area contributed by atoms with Gasteiger partial charge in [-0.2, -0.15) is 0 Å². The zero-order chi connectivity index (χ0) is 31.9. The Balaban J connectivity index is 1.15. The molecule has 2 fully saturated rings. The number of likely N-dealkylation sites (N-methyl/N-ethyl adjacent to an activating group) is 1. The maximum Gasteiger partial charge on any atom is 0.272 e. The van der Waals surface area contributed by atoms with Gasteiger partial charge >= 0.3 is 0 Å². The summed E-state index contributed by atoms with van der Waals surface area (Å²) in [6.45, 7) is 6.69. The Morgan fingerprint density at radius 3 is 2.43 bits per heavy atom. The predicted molar refractivity (Wildman–Crippen MR) is 181 cm³/mol. The van der Waals surface area contributed by atoms with Crippen LogP contribution in [0.15, 0.2) is 54.9 Å². The summed E-state index contributed by atoms with van der Waals surface area (Å²) < 4.78 is 15.5. The number of hydrogen-bond acceptors (Lipinski definition) is 7. The summed E-state index contributed by atoms with van der Waals surface area (Å²) in [5.74, 6) is 2.57. The van der Waals surface area contributed by atoms with Crippen LogP contribution in [0.1, 0.15) is 53.6 Å². The number of ether oxygens (including phenoxy) is 2. The maximum atomic E-state index is 13.5. The summed E-state index contributed by atoms with van der Waals surface area (Å²) in [4.78, 5) is 28.6. The number of hydrogen-bond donors (Lipinski definition) is 1. The molecule has 1 N–H and O–H groups in total. The Hall–Kier alpha value is -4.41. The van der Waals surface area contributed by atoms with Crippen LogP contribution in [0.2, 0.25) is 0 Å². The minimum atomic E-state index is -0.228. The molecule has 0 radical (unpaired) electrons. The minimum Gasteiger partial charge on any atom is -0.496 e. The molecule has 4 heterocycles. The van der Waals surface area contributed by atoms with Crippen molar-refractivity contribution in [2.45, 2.75) is 44.6 Å². The normalized spacial score (nSPS) is 19.5. The second-order valence-corrected chi connectivity index (χ2v) is 12.7. The molecule has 1 amide bonds. The Morgan fingerprint density at radius 1 is 0.935 bits per heavy atom. The maximum absolute atomic E-state index is 13.5. The number of nitrogens with one attached hydrogen (secondary N) is 1. The van der Waals surface area contributed by atoms with Gasteiger partial charge < -0.3 is 24.3 Å². The fourth-order valence-corrected chi connectivity index (χ4v) is 7.45. The van der Waals surface area contributed by atoms with Crippen LogP contribution in [0.4, 0.5) is 5.69 Å². The summed E-state index contributed by atoms with van der Waals surface area (Å²) in [6.07, 6.45) is 8.58. The van der Waals surface area contributed by atoms with E-state index in [4.69, 9.17) is 14.5 Å². The van der Waals surface area contributed by atoms with Crippen molar-refractivity contribution in [2.75, 3.05) is 52.8 Å². The molecule has 1 aliphatic carbocycles. The second kappa shape index (κ2) is 12.4. The van der Waals surface area contributed by atoms with E-state index in [1.165, 1.54) is 25.9 Å². The molecule has 46 heavy (non-hydrogen) atoms. The van der Waals surface area contributed by atoms with E-state index in [0.717, 1.165) is 70.9 Å². The van der Waals surface area contributed by atoms with E-state index in [-0.39, 0.29) is 5.91 Å². The number of piperazine rings is 1. The van der Waals surface area contributed by atoms with Crippen LogP contribution < -0.4 is 14.8 Å². The highest BCUT2D eigenvalue weighted by atomic mass is 16.5. The molecule has 5 aromatic rings. The fourth-order valence-electron chi connectivity index (χ4n) is 7.45. The van der Waals surface area contributed by atoms with Crippen LogP contribution in [-0.2, 0) is 7.05 Å². The van der Waals surface area contributed by atoms with Crippen LogP contribution in [0.5, 0.6) is 11.5 Å². The zero-order valence-corrected chi connectivity index (χ0v) is 27.4. The van der Waals surface area contributed by atoms with Gasteiger partial charge in [-0.15, -0.1) is 0 Å². The van der Waals surface area contributed by atoms with Gasteiger partial charge in [0.25, 0.3) is 5.91 Å². The summed E-state index contributed by atoms with van der Waals surface area (Å²) in [5.41, 5.74) is 5.81. The monoisotopic (exact) mass is 621 g/mol. The largest absolute Gasteiger partial charge is 0.496 e. The van der Waals surface area contributed by atoms with E-state index in [9.17, 15) is 4.79 Å². The smallest absolute Gasteiger partial charge is 0.272 e. The molecule has 0 spiro atoms. The van der Waals surface area contributed by atoms with Crippen molar-refractivity contribution in [1.29, 1.82) is 0 Å². The molecule has 2 aromatic carbocycles. The molecule has 2 aliphatic rings. The van der Waals surface area contributed by atoms with E-state index in [1.54, 1.807) is 14.2 Å². The number of benzene rings is 2. The van der Waals surface area contributed by atoms with Gasteiger partial charge in [0.05, 0.1) is 42.3 Å². The van der Waals surface area contributed by atoms with Crippen molar-refractivity contribution in [3.63, 3.8) is 0 Å². The Bertz CT molecular complexity index is 1900. The van der Waals surface area contributed by atoms with E-state index in [2.05, 4.69) is 31.5 Å². The zero-order valence-electron chi connectivity index (χ0n) is 27.4. The average molecular weight is 622 g/mol. The van der Waals surface area contributed by atoms with Crippen LogP contribution in [0.25, 0.3) is 27.7 Å². The molecule has 7 rings (SSSR count). The van der Waals surface area contributed by atoms with Crippen molar-refractivity contribution >= 4 is 28.0 Å². The third kappa shape index (κ3) is 5.39. The lowest BCUT2D eigenvalue weighted by Gasteiger charge is -2.41. The number of amides is 1. The van der Waals surface area contributed by atoms with Gasteiger partial charge in [0.15, 0.2) is 0 Å². The van der Waals surface area contributed by atoms with Crippen LogP contribution in [0.3, 0.4) is 0 Å². The van der Waals surface area contributed by atoms with Gasteiger partial charge in [0, 0.05) is 68.5 Å². The molecule has 10 heteroatoms. The van der Waals surface area contributed by atoms with E-state index >= 15 is 0 Å². The molecular formula is C36H43N7O3. The lowest BCUT2D eigenvalue weighted by Crippen LogP contribution is -2.49. The molecule has 10 nitrogen and oxygen atoms in total. The number of fused-ring (bicyclic) bond motifs is 2. The number of imidazole rings is 1. The number of nitrogens with zero attached hydrogens (tertiary/aromatic N) is 6. The van der Waals surface area contributed by atoms with E-state index < -0.39 is 0 Å². The number of carbonyl (C=O) groups is 1. The first-order chi connectivity index (χ1) is 22.4. The highest BCUT2D eigenvalue weighted by Gasteiger charge is 2.31. The molecule has 0 atom stereocenters. The Kier molecular flexibility index (Phi) is 8.16. The van der Waals surface area contributed by atoms with Gasteiger partial charge in [-0.05, 0) is 70.0 Å². The second-order valence-electron chi connectivity index (χ2n) is 12.7. The molecule has 1 saturated carbocycles. The topological polar surface area (TPSA) is 89.2 Å². The number of aromatic nitrogens is 4. The number of rotatable bonds is 7. The molecule has 3 aromatic heterocycles. The summed E-state index contributed by atoms with van der Waals surface area (Å²) in [6, 6.07) is 14.2. The molecule has 1 saturated heterocycles. The molecule has 0 bridgehead atoms. The standard InChI is InChI=1S/C36H43N7O3/c1-23-34-33(39-35(43(34)16-15-37-23)24-9-12-26(13-10-24)42-19-17-40(2)18-20-42)25-11-14-28(32(21-25)46-5)38-36(44)30-22-27-29(41(30)3)7-6-8-31(27)45-4/h6-8,11,14-16,21-22,24,26H,9-10,12-13,17-20H2,1-5H3,(H,38,44)/t24-,26-. The number of carbonyl (C=O) groups excluding carboxylic acids is 1. The van der Waals surface area contributed by atoms with Crippen molar-refractivity contribution in [3.8, 4) is 22.8 Å². The first-order valence-electron chi connectivity index (χ1n) is 16.2. The van der Waals surface area contributed by atoms with Crippen molar-refractivity contribution in [2.24, 2.45) is 7.05 Å². The first kappa shape index (κ1) is 30.3. The van der Waals surface area contributed by atoms with Gasteiger partial charge in [-0.3, -0.25) is 19.1 Å². The van der Waals surface area contributed by atoms with Crippen LogP contribution in [-0.4, -0.2) is 88.1 Å². The number of anilines is 1. The van der Waals surface area contributed by atoms with Crippen molar-refractivity contribution in [1.82, 2.24) is 28.7 Å². The van der Waals surface area contributed by atoms with Crippen molar-refractivity contribution in [3.05, 3.63) is 72.1 Å². The quantitative estimate of drug-likeness (QED) is 0.248. The first-order valence-corrected chi connectivity index (χ1v) is 16.2. The highest BCUT2D eigenvalue weighted by molar-refractivity contribution is 6.08. The molecule has 240 valence electrons. The minimum absolute atomic E-state index is 0.228. The van der Waals surface area contributed by atoms with E-state index in [1.807, 2.05) is 73.4 Å². The predicted octanol–water partition coefficient (Wildman–Crippen LogP) is 5.74. The van der Waals surface area contributed by atoms with Gasteiger partial charge in [0.2, 0.25) is 0 Å². The third-order valence-corrected chi connectivity index (χ3v) is 10.1. The van der Waals surface area contributed by atoms with Crippen LogP contribution >= 0.6 is 0 Å². The van der Waals surface area contributed by atoms with Crippen LogP contribution in [0, 0.1) is 6.92 Å². The summed E-state index contributed by atoms with van der Waals surface area (Å²) in [5, 5.41) is 3.95. The van der Waals surface area contributed by atoms with Crippen molar-refractivity contribution < 1.29 is 14.3 Å². The third-order valence-electron chi connectivity index (χ3n) is 10.1. The lowest BCUT2D eigenvalue weighted by molar-refractivity contribution is 0.0872. The van der Waals surface area contributed by atoms with Gasteiger partial charge in [-0.25, -0.2) is 4.98 Å². The highest BCUT2D eigenvalue weighted by Crippen LogP contribution is 2.39. The van der Waals surface area contributed by atoms with E-state index in [0.29, 0.717) is 29.1 Å². The summed E-state index contributed by atoms with van der Waals surface area (Å²) >= 11 is 0. The summed E-state index contributed by atoms with van der Waals surface area (Å²) in [7, 11) is 7.36. The molecule has 1 aliphatic heterocycles. The Morgan fingerprint density at radius 2 is 1.70 bits per heavy atom. The molecular weight excluding hydrogens is 578 g/mol.